The predicted octanol–water partition coefficient (Wildman–Crippen LogP) is 4.71. The lowest BCUT2D eigenvalue weighted by atomic mass is 9.89. The van der Waals surface area contributed by atoms with E-state index in [2.05, 4.69) is 5.32 Å². The number of benzene rings is 2. The average molecular weight is 396 g/mol. The van der Waals surface area contributed by atoms with Gasteiger partial charge in [0, 0.05) is 11.6 Å². The lowest BCUT2D eigenvalue weighted by Gasteiger charge is -2.24. The van der Waals surface area contributed by atoms with E-state index in [1.54, 1.807) is 43.3 Å². The Morgan fingerprint density at radius 2 is 1.79 bits per heavy atom. The van der Waals surface area contributed by atoms with Crippen LogP contribution in [0.5, 0.6) is 0 Å². The number of anilines is 1. The molecule has 0 bridgehead atoms. The molecule has 0 heterocycles. The molecule has 1 atom stereocenters. The highest BCUT2D eigenvalue weighted by molar-refractivity contribution is 5.97. The number of nitro groups is 1. The summed E-state index contributed by atoms with van der Waals surface area (Å²) in [5, 5.41) is 13.9. The van der Waals surface area contributed by atoms with Crippen LogP contribution in [0.1, 0.15) is 49.3 Å². The van der Waals surface area contributed by atoms with E-state index in [4.69, 9.17) is 4.74 Å². The topological polar surface area (TPSA) is 98.5 Å². The highest BCUT2D eigenvalue weighted by Crippen LogP contribution is 2.30. The third kappa shape index (κ3) is 5.19. The van der Waals surface area contributed by atoms with Gasteiger partial charge in [-0.3, -0.25) is 19.7 Å². The number of hydrogen-bond acceptors (Lipinski definition) is 5. The first-order valence-electron chi connectivity index (χ1n) is 9.77. The summed E-state index contributed by atoms with van der Waals surface area (Å²) in [7, 11) is 0. The van der Waals surface area contributed by atoms with Crippen LogP contribution in [-0.4, -0.2) is 16.8 Å². The summed E-state index contributed by atoms with van der Waals surface area (Å²) in [4.78, 5) is 36.4. The molecule has 1 N–H and O–H groups in total. The molecule has 0 aliphatic heterocycles. The smallest absolute Gasteiger partial charge is 0.310 e. The first-order valence-corrected chi connectivity index (χ1v) is 9.77. The minimum atomic E-state index is -1.17. The van der Waals surface area contributed by atoms with Crippen LogP contribution in [0.2, 0.25) is 0 Å². The summed E-state index contributed by atoms with van der Waals surface area (Å²) in [6.45, 7) is 1.73. The van der Waals surface area contributed by atoms with E-state index in [1.165, 1.54) is 12.1 Å². The Hall–Kier alpha value is -3.22. The maximum atomic E-state index is 13.0. The van der Waals surface area contributed by atoms with Gasteiger partial charge < -0.3 is 10.1 Å². The lowest BCUT2D eigenvalue weighted by Crippen LogP contribution is -2.29. The van der Waals surface area contributed by atoms with Gasteiger partial charge in [-0.1, -0.05) is 55.7 Å². The molecule has 3 rings (SSSR count). The van der Waals surface area contributed by atoms with Crippen LogP contribution >= 0.6 is 0 Å². The number of rotatable bonds is 6. The summed E-state index contributed by atoms with van der Waals surface area (Å²) < 4.78 is 5.61. The number of nitrogens with zero attached hydrogens (tertiary/aromatic N) is 1. The molecule has 0 unspecified atom stereocenters. The quantitative estimate of drug-likeness (QED) is 0.433. The molecule has 0 aromatic heterocycles. The maximum Gasteiger partial charge on any atom is 0.310 e. The van der Waals surface area contributed by atoms with Gasteiger partial charge in [0.1, 0.15) is 5.69 Å². The zero-order chi connectivity index (χ0) is 20.8. The average Bonchev–Trinajstić information content (AvgIpc) is 2.74. The second kappa shape index (κ2) is 9.32. The number of nitrogens with one attached hydrogen (secondary N) is 1. The Labute approximate surface area is 169 Å². The summed E-state index contributed by atoms with van der Waals surface area (Å²) in [5.41, 5.74) is 1.09. The summed E-state index contributed by atoms with van der Waals surface area (Å²) in [5.74, 6) is -1.23. The zero-order valence-electron chi connectivity index (χ0n) is 16.3. The summed E-state index contributed by atoms with van der Waals surface area (Å²) in [6, 6.07) is 13.2. The second-order valence-electron chi connectivity index (χ2n) is 7.33. The van der Waals surface area contributed by atoms with Crippen LogP contribution in [0.4, 0.5) is 11.4 Å². The molecule has 1 amide bonds. The van der Waals surface area contributed by atoms with Crippen LogP contribution < -0.4 is 5.32 Å². The van der Waals surface area contributed by atoms with E-state index >= 15 is 0 Å². The van der Waals surface area contributed by atoms with Crippen molar-refractivity contribution in [3.05, 3.63) is 69.8 Å². The number of esters is 1. The van der Waals surface area contributed by atoms with Crippen LogP contribution in [0.25, 0.3) is 0 Å². The molecule has 0 radical (unpaired) electrons. The molecule has 2 aromatic rings. The molecule has 0 saturated heterocycles. The number of carbonyl (C=O) groups is 2. The van der Waals surface area contributed by atoms with Crippen molar-refractivity contribution >= 4 is 23.3 Å². The van der Waals surface area contributed by atoms with E-state index in [0.29, 0.717) is 11.1 Å². The molecule has 1 saturated carbocycles. The number of amides is 1. The SMILES string of the molecule is Cc1ccc(NC(=O)[C@@H](OC(=O)C2CCCCC2)c2ccccc2)c([N+](=O)[O-])c1. The molecule has 1 fully saturated rings. The molecular weight excluding hydrogens is 372 g/mol. The van der Waals surface area contributed by atoms with Gasteiger partial charge in [0.05, 0.1) is 10.8 Å². The van der Waals surface area contributed by atoms with Gasteiger partial charge >= 0.3 is 5.97 Å². The number of aryl methyl sites for hydroxylation is 1. The minimum absolute atomic E-state index is 0.0697. The maximum absolute atomic E-state index is 13.0. The highest BCUT2D eigenvalue weighted by atomic mass is 16.6. The van der Waals surface area contributed by atoms with Crippen LogP contribution in [-0.2, 0) is 14.3 Å². The fourth-order valence-electron chi connectivity index (χ4n) is 3.55. The van der Waals surface area contributed by atoms with Gasteiger partial charge in [-0.05, 0) is 31.4 Å². The predicted molar refractivity (Wildman–Crippen MR) is 108 cm³/mol. The molecular formula is C22H24N2O5. The second-order valence-corrected chi connectivity index (χ2v) is 7.33. The molecule has 29 heavy (non-hydrogen) atoms. The van der Waals surface area contributed by atoms with Crippen molar-refractivity contribution in [2.24, 2.45) is 5.92 Å². The Morgan fingerprint density at radius 1 is 1.10 bits per heavy atom. The normalized spacial score (nSPS) is 15.3. The zero-order valence-corrected chi connectivity index (χ0v) is 16.3. The molecule has 1 aliphatic rings. The molecule has 7 heteroatoms. The fraction of sp³-hybridized carbons (Fsp3) is 0.364. The number of hydrogen-bond donors (Lipinski definition) is 1. The Bertz CT molecular complexity index is 891. The van der Waals surface area contributed by atoms with Gasteiger partial charge in [-0.25, -0.2) is 0 Å². The Balaban J connectivity index is 1.83. The van der Waals surface area contributed by atoms with Crippen LogP contribution in [0.3, 0.4) is 0 Å². The fourth-order valence-corrected chi connectivity index (χ4v) is 3.55. The summed E-state index contributed by atoms with van der Waals surface area (Å²) in [6.07, 6.45) is 3.38. The Morgan fingerprint density at radius 3 is 2.45 bits per heavy atom. The number of ether oxygens (including phenoxy) is 1. The monoisotopic (exact) mass is 396 g/mol. The van der Waals surface area contributed by atoms with Crippen molar-refractivity contribution in [2.45, 2.75) is 45.1 Å². The van der Waals surface area contributed by atoms with Gasteiger partial charge in [0.2, 0.25) is 6.10 Å². The van der Waals surface area contributed by atoms with Crippen molar-refractivity contribution in [1.29, 1.82) is 0 Å². The summed E-state index contributed by atoms with van der Waals surface area (Å²) >= 11 is 0. The largest absolute Gasteiger partial charge is 0.447 e. The molecule has 7 nitrogen and oxygen atoms in total. The standard InChI is InChI=1S/C22H24N2O5/c1-15-12-13-18(19(14-15)24(27)28)23-21(25)20(16-8-4-2-5-9-16)29-22(26)17-10-6-3-7-11-17/h2,4-5,8-9,12-14,17,20H,3,6-7,10-11H2,1H3,(H,23,25)/t20-/m0/s1. The lowest BCUT2D eigenvalue weighted by molar-refractivity contribution is -0.384. The van der Waals surface area contributed by atoms with Crippen LogP contribution in [0, 0.1) is 23.0 Å². The van der Waals surface area contributed by atoms with Gasteiger partial charge in [-0.2, -0.15) is 0 Å². The molecule has 2 aromatic carbocycles. The van der Waals surface area contributed by atoms with Crippen molar-refractivity contribution in [1.82, 2.24) is 0 Å². The first-order chi connectivity index (χ1) is 14.0. The third-order valence-electron chi connectivity index (χ3n) is 5.12. The number of carbonyl (C=O) groups excluding carboxylic acids is 2. The number of nitro benzene ring substituents is 1. The third-order valence-corrected chi connectivity index (χ3v) is 5.12. The van der Waals surface area contributed by atoms with Gasteiger partial charge in [0.15, 0.2) is 0 Å². The van der Waals surface area contributed by atoms with E-state index < -0.39 is 22.9 Å². The minimum Gasteiger partial charge on any atom is -0.447 e. The van der Waals surface area contributed by atoms with E-state index in [0.717, 1.165) is 32.1 Å². The molecule has 1 aliphatic carbocycles. The van der Waals surface area contributed by atoms with Crippen molar-refractivity contribution in [3.8, 4) is 0 Å². The van der Waals surface area contributed by atoms with E-state index in [9.17, 15) is 19.7 Å². The van der Waals surface area contributed by atoms with Crippen molar-refractivity contribution < 1.29 is 19.2 Å². The van der Waals surface area contributed by atoms with Crippen LogP contribution in [0.15, 0.2) is 48.5 Å². The molecule has 0 spiro atoms. The highest BCUT2D eigenvalue weighted by Gasteiger charge is 2.31. The Kier molecular flexibility index (Phi) is 6.59. The van der Waals surface area contributed by atoms with Gasteiger partial charge in [0.25, 0.3) is 11.6 Å². The molecule has 152 valence electrons. The van der Waals surface area contributed by atoms with Crippen molar-refractivity contribution in [2.75, 3.05) is 5.32 Å². The van der Waals surface area contributed by atoms with Gasteiger partial charge in [-0.15, -0.1) is 0 Å². The first kappa shape index (κ1) is 20.5. The van der Waals surface area contributed by atoms with E-state index in [-0.39, 0.29) is 17.3 Å². The van der Waals surface area contributed by atoms with Crippen molar-refractivity contribution in [3.63, 3.8) is 0 Å². The van der Waals surface area contributed by atoms with E-state index in [1.807, 2.05) is 0 Å².